The van der Waals surface area contributed by atoms with E-state index >= 15 is 0 Å². The Morgan fingerprint density at radius 2 is 1.75 bits per heavy atom. The fourth-order valence-electron chi connectivity index (χ4n) is 3.33. The lowest BCUT2D eigenvalue weighted by atomic mass is 10.0. The number of unbranched alkanes of at least 4 members (excludes halogenated alkanes) is 1. The third-order valence-corrected chi connectivity index (χ3v) is 5.81. The van der Waals surface area contributed by atoms with Crippen LogP contribution in [0.3, 0.4) is 0 Å². The zero-order valence-corrected chi connectivity index (χ0v) is 18.1. The van der Waals surface area contributed by atoms with Gasteiger partial charge >= 0.3 is 13.6 Å². The Balaban J connectivity index is 1.55. The molecular formula is C21H23N2O8P. The van der Waals surface area contributed by atoms with E-state index in [-0.39, 0.29) is 50.5 Å². The zero-order chi connectivity index (χ0) is 23.3. The maximum atomic E-state index is 12.1. The number of benzene rings is 1. The number of fused-ring (bicyclic) bond motifs is 1. The molecule has 0 spiro atoms. The van der Waals surface area contributed by atoms with Crippen molar-refractivity contribution in [3.05, 3.63) is 41.6 Å². The van der Waals surface area contributed by atoms with E-state index in [1.54, 1.807) is 24.4 Å². The number of amides is 2. The molecular weight excluding hydrogens is 439 g/mol. The van der Waals surface area contributed by atoms with Crippen molar-refractivity contribution in [2.24, 2.45) is 0 Å². The quantitative estimate of drug-likeness (QED) is 0.306. The monoisotopic (exact) mass is 462 g/mol. The van der Waals surface area contributed by atoms with Gasteiger partial charge in [0, 0.05) is 43.4 Å². The molecule has 1 fully saturated rings. The standard InChI is InChI=1S/C21H23N2O8P/c24-17(3-1-2-8-32(28,29)30)10-15-9-16-5-4-14(11-18(16)22-13-15)12-21(27)31-23-19(25)6-7-20(23)26/h4-5,9,11,13H,1-3,6-8,10,12H2,(H2,28,29,30). The van der Waals surface area contributed by atoms with Gasteiger partial charge in [0.1, 0.15) is 5.78 Å². The predicted molar refractivity (Wildman–Crippen MR) is 112 cm³/mol. The number of hydrogen-bond acceptors (Lipinski definition) is 7. The maximum Gasteiger partial charge on any atom is 0.337 e. The number of aromatic nitrogens is 1. The molecule has 0 saturated carbocycles. The molecule has 0 radical (unpaired) electrons. The summed E-state index contributed by atoms with van der Waals surface area (Å²) in [4.78, 5) is 74.1. The Labute approximate surface area is 183 Å². The first-order valence-electron chi connectivity index (χ1n) is 10.1. The fraction of sp³-hybridized carbons (Fsp3) is 0.381. The smallest absolute Gasteiger partial charge is 0.330 e. The van der Waals surface area contributed by atoms with Crippen LogP contribution in [0.15, 0.2) is 30.5 Å². The first kappa shape index (κ1) is 23.7. The molecule has 3 rings (SSSR count). The number of Topliss-reactive ketones (excluding diaryl/α,β-unsaturated/α-hetero) is 1. The van der Waals surface area contributed by atoms with Crippen LogP contribution in [-0.4, -0.2) is 49.6 Å². The Hall–Kier alpha value is -2.94. The number of hydroxylamine groups is 2. The topological polar surface area (TPSA) is 151 Å². The van der Waals surface area contributed by atoms with Crippen LogP contribution in [0.1, 0.15) is 43.2 Å². The van der Waals surface area contributed by atoms with Gasteiger partial charge in [-0.2, -0.15) is 0 Å². The number of carbonyl (C=O) groups is 4. The highest BCUT2D eigenvalue weighted by atomic mass is 31.2. The molecule has 0 unspecified atom stereocenters. The second-order valence-corrected chi connectivity index (χ2v) is 9.43. The van der Waals surface area contributed by atoms with E-state index in [1.165, 1.54) is 0 Å². The van der Waals surface area contributed by atoms with Crippen molar-refractivity contribution in [3.8, 4) is 0 Å². The summed E-state index contributed by atoms with van der Waals surface area (Å²) >= 11 is 0. The predicted octanol–water partition coefficient (Wildman–Crippen LogP) is 1.84. The molecule has 1 aromatic heterocycles. The van der Waals surface area contributed by atoms with Gasteiger partial charge in [-0.1, -0.05) is 12.1 Å². The summed E-state index contributed by atoms with van der Waals surface area (Å²) in [5, 5.41) is 1.29. The summed E-state index contributed by atoms with van der Waals surface area (Å²) in [6.45, 7) is 0. The number of rotatable bonds is 10. The summed E-state index contributed by atoms with van der Waals surface area (Å²) in [7, 11) is -4.03. The van der Waals surface area contributed by atoms with Crippen LogP contribution in [0.4, 0.5) is 0 Å². The first-order chi connectivity index (χ1) is 15.1. The molecule has 11 heteroatoms. The van der Waals surface area contributed by atoms with Crippen LogP contribution in [0.2, 0.25) is 0 Å². The maximum absolute atomic E-state index is 12.1. The van der Waals surface area contributed by atoms with Gasteiger partial charge in [-0.15, -0.1) is 5.06 Å². The zero-order valence-electron chi connectivity index (χ0n) is 17.2. The Morgan fingerprint density at radius 1 is 1.03 bits per heavy atom. The molecule has 2 N–H and O–H groups in total. The second-order valence-electron chi connectivity index (χ2n) is 7.65. The van der Waals surface area contributed by atoms with Gasteiger partial charge in [0.15, 0.2) is 0 Å². The van der Waals surface area contributed by atoms with Crippen molar-refractivity contribution in [2.75, 3.05) is 6.16 Å². The average Bonchev–Trinajstić information content (AvgIpc) is 3.02. The molecule has 2 amide bonds. The Kier molecular flexibility index (Phi) is 7.50. The largest absolute Gasteiger partial charge is 0.337 e. The van der Waals surface area contributed by atoms with Gasteiger partial charge < -0.3 is 14.6 Å². The minimum Gasteiger partial charge on any atom is -0.330 e. The molecule has 1 aliphatic heterocycles. The van der Waals surface area contributed by atoms with E-state index in [9.17, 15) is 23.7 Å². The van der Waals surface area contributed by atoms with E-state index in [0.717, 1.165) is 10.9 Å². The van der Waals surface area contributed by atoms with Crippen LogP contribution < -0.4 is 0 Å². The van der Waals surface area contributed by atoms with Crippen LogP contribution in [0, 0.1) is 0 Å². The van der Waals surface area contributed by atoms with Gasteiger partial charge in [0.05, 0.1) is 11.9 Å². The highest BCUT2D eigenvalue weighted by Crippen LogP contribution is 2.35. The molecule has 32 heavy (non-hydrogen) atoms. The van der Waals surface area contributed by atoms with E-state index in [0.29, 0.717) is 22.6 Å². The highest BCUT2D eigenvalue weighted by molar-refractivity contribution is 7.51. The van der Waals surface area contributed by atoms with Crippen molar-refractivity contribution in [1.82, 2.24) is 10.0 Å². The molecule has 0 bridgehead atoms. The van der Waals surface area contributed by atoms with Crippen molar-refractivity contribution in [2.45, 2.75) is 44.9 Å². The minimum atomic E-state index is -4.03. The third kappa shape index (κ3) is 6.78. The van der Waals surface area contributed by atoms with Gasteiger partial charge in [0.25, 0.3) is 11.8 Å². The summed E-state index contributed by atoms with van der Waals surface area (Å²) < 4.78 is 10.8. The molecule has 1 aliphatic rings. The van der Waals surface area contributed by atoms with Crippen LogP contribution >= 0.6 is 7.60 Å². The first-order valence-corrected chi connectivity index (χ1v) is 11.9. The third-order valence-electron chi connectivity index (χ3n) is 4.91. The Morgan fingerprint density at radius 3 is 2.44 bits per heavy atom. The summed E-state index contributed by atoms with van der Waals surface area (Å²) in [5.74, 6) is -1.84. The second kappa shape index (κ2) is 10.1. The van der Waals surface area contributed by atoms with E-state index in [1.807, 2.05) is 6.07 Å². The highest BCUT2D eigenvalue weighted by Gasteiger charge is 2.32. The number of nitrogens with zero attached hydrogens (tertiary/aromatic N) is 2. The number of hydrogen-bond donors (Lipinski definition) is 2. The van der Waals surface area contributed by atoms with Crippen molar-refractivity contribution < 1.29 is 38.4 Å². The van der Waals surface area contributed by atoms with Crippen molar-refractivity contribution in [1.29, 1.82) is 0 Å². The van der Waals surface area contributed by atoms with Gasteiger partial charge in [0.2, 0.25) is 0 Å². The van der Waals surface area contributed by atoms with Gasteiger partial charge in [-0.25, -0.2) is 4.79 Å². The van der Waals surface area contributed by atoms with Gasteiger partial charge in [-0.05, 0) is 36.1 Å². The summed E-state index contributed by atoms with van der Waals surface area (Å²) in [6.07, 6.45) is 2.39. The SMILES string of the molecule is O=C(CCCCP(=O)(O)O)Cc1cnc2cc(CC(=O)ON3C(=O)CCC3=O)ccc2c1. The minimum absolute atomic E-state index is 0.0320. The summed E-state index contributed by atoms with van der Waals surface area (Å²) in [5.41, 5.74) is 1.93. The van der Waals surface area contributed by atoms with Crippen LogP contribution in [0.5, 0.6) is 0 Å². The molecule has 170 valence electrons. The Bertz CT molecular complexity index is 1090. The fourth-order valence-corrected chi connectivity index (χ4v) is 3.97. The van der Waals surface area contributed by atoms with E-state index in [2.05, 4.69) is 4.98 Å². The lowest BCUT2D eigenvalue weighted by Gasteiger charge is -2.12. The number of ketones is 1. The number of pyridine rings is 1. The molecule has 1 aromatic carbocycles. The molecule has 2 aromatic rings. The van der Waals surface area contributed by atoms with Crippen molar-refractivity contribution in [3.63, 3.8) is 0 Å². The van der Waals surface area contributed by atoms with Crippen LogP contribution in [-0.2, 0) is 41.4 Å². The van der Waals surface area contributed by atoms with Gasteiger partial charge in [-0.3, -0.25) is 23.9 Å². The normalized spacial score (nSPS) is 14.2. The lowest BCUT2D eigenvalue weighted by Crippen LogP contribution is -2.32. The molecule has 10 nitrogen and oxygen atoms in total. The number of carbonyl (C=O) groups excluding carboxylic acids is 4. The molecule has 1 saturated heterocycles. The van der Waals surface area contributed by atoms with Crippen LogP contribution in [0.25, 0.3) is 10.9 Å². The average molecular weight is 462 g/mol. The number of imide groups is 1. The molecule has 2 heterocycles. The molecule has 0 atom stereocenters. The lowest BCUT2D eigenvalue weighted by molar-refractivity contribution is -0.197. The molecule has 0 aliphatic carbocycles. The summed E-state index contributed by atoms with van der Waals surface area (Å²) in [6, 6.07) is 6.97. The van der Waals surface area contributed by atoms with Crippen molar-refractivity contribution >= 4 is 42.1 Å². The van der Waals surface area contributed by atoms with E-state index < -0.39 is 25.4 Å². The van der Waals surface area contributed by atoms with E-state index in [4.69, 9.17) is 14.6 Å².